The molecular weight excluding hydrogens is 450 g/mol. The highest BCUT2D eigenvalue weighted by Gasteiger charge is 2.10. The molecule has 0 radical (unpaired) electrons. The highest BCUT2D eigenvalue weighted by molar-refractivity contribution is 7.80. The fourth-order valence-corrected chi connectivity index (χ4v) is 3.00. The van der Waals surface area contributed by atoms with E-state index in [1.165, 1.54) is 0 Å². The number of aryl methyl sites for hydroxylation is 2. The van der Waals surface area contributed by atoms with Gasteiger partial charge in [0.05, 0.1) is 6.61 Å². The minimum Gasteiger partial charge on any atom is -0.494 e. The van der Waals surface area contributed by atoms with E-state index in [-0.39, 0.29) is 11.7 Å². The summed E-state index contributed by atoms with van der Waals surface area (Å²) < 4.78 is 11.1. The normalized spacial score (nSPS) is 10.2. The van der Waals surface area contributed by atoms with Crippen molar-refractivity contribution in [3.05, 3.63) is 58.1 Å². The van der Waals surface area contributed by atoms with Crippen LogP contribution in [0.25, 0.3) is 0 Å². The number of carbonyl (C=O) groups excluding carboxylic acids is 2. The summed E-state index contributed by atoms with van der Waals surface area (Å²) >= 11 is 11.2. The highest BCUT2D eigenvalue weighted by Crippen LogP contribution is 2.25. The molecule has 0 spiro atoms. The first-order chi connectivity index (χ1) is 15.3. The number of rotatable bonds is 9. The molecule has 0 saturated heterocycles. The van der Waals surface area contributed by atoms with Crippen LogP contribution in [0.2, 0.25) is 5.02 Å². The van der Waals surface area contributed by atoms with Crippen molar-refractivity contribution in [2.75, 3.05) is 13.2 Å². The van der Waals surface area contributed by atoms with Gasteiger partial charge in [0.2, 0.25) is 0 Å². The summed E-state index contributed by atoms with van der Waals surface area (Å²) in [5, 5.41) is 3.12. The molecule has 0 aliphatic rings. The molecule has 2 aromatic rings. The fourth-order valence-electron chi connectivity index (χ4n) is 2.75. The van der Waals surface area contributed by atoms with E-state index in [9.17, 15) is 9.59 Å². The minimum atomic E-state index is -0.462. The number of benzene rings is 2. The first-order valence-electron chi connectivity index (χ1n) is 10.3. The number of thiocarbonyl (C=S) groups is 1. The van der Waals surface area contributed by atoms with E-state index in [1.807, 2.05) is 13.8 Å². The molecule has 2 rings (SSSR count). The van der Waals surface area contributed by atoms with Gasteiger partial charge in [0, 0.05) is 10.6 Å². The summed E-state index contributed by atoms with van der Waals surface area (Å²) in [6.07, 6.45) is 3.24. The lowest BCUT2D eigenvalue weighted by Crippen LogP contribution is -2.49. The van der Waals surface area contributed by atoms with Crippen LogP contribution in [0.3, 0.4) is 0 Å². The van der Waals surface area contributed by atoms with Crippen molar-refractivity contribution in [2.45, 2.75) is 40.0 Å². The van der Waals surface area contributed by atoms with Gasteiger partial charge in [0.15, 0.2) is 11.7 Å². The van der Waals surface area contributed by atoms with Crippen LogP contribution >= 0.6 is 23.8 Å². The Balaban J connectivity index is 1.72. The molecule has 7 nitrogen and oxygen atoms in total. The number of nitrogens with one attached hydrogen (secondary N) is 3. The van der Waals surface area contributed by atoms with E-state index < -0.39 is 11.8 Å². The summed E-state index contributed by atoms with van der Waals surface area (Å²) in [5.74, 6) is 0.374. The van der Waals surface area contributed by atoms with Gasteiger partial charge in [-0.05, 0) is 80.0 Å². The predicted molar refractivity (Wildman–Crippen MR) is 129 cm³/mol. The topological polar surface area (TPSA) is 88.7 Å². The number of hydrazine groups is 1. The van der Waals surface area contributed by atoms with Crippen LogP contribution in [0.5, 0.6) is 11.5 Å². The van der Waals surface area contributed by atoms with Gasteiger partial charge in [-0.3, -0.25) is 25.8 Å². The van der Waals surface area contributed by atoms with E-state index in [0.29, 0.717) is 28.7 Å². The lowest BCUT2D eigenvalue weighted by atomic mass is 10.1. The summed E-state index contributed by atoms with van der Waals surface area (Å²) in [6.45, 7) is 6.27. The quantitative estimate of drug-likeness (QED) is 0.284. The molecule has 3 N–H and O–H groups in total. The van der Waals surface area contributed by atoms with Crippen molar-refractivity contribution < 1.29 is 19.1 Å². The molecule has 0 unspecified atom stereocenters. The fraction of sp³-hybridized carbons (Fsp3) is 0.348. The third kappa shape index (κ3) is 8.36. The number of unbranched alkanes of at least 4 members (excludes halogenated alkanes) is 2. The molecule has 172 valence electrons. The van der Waals surface area contributed by atoms with Crippen molar-refractivity contribution in [3.8, 4) is 11.5 Å². The Kier molecular flexibility index (Phi) is 10.2. The van der Waals surface area contributed by atoms with Gasteiger partial charge in [0.25, 0.3) is 11.8 Å². The number of amides is 2. The molecule has 0 aliphatic carbocycles. The van der Waals surface area contributed by atoms with Gasteiger partial charge in [-0.2, -0.15) is 0 Å². The van der Waals surface area contributed by atoms with Crippen LogP contribution in [-0.2, 0) is 4.79 Å². The maximum Gasteiger partial charge on any atom is 0.276 e. The first kappa shape index (κ1) is 25.4. The Morgan fingerprint density at radius 2 is 1.62 bits per heavy atom. The van der Waals surface area contributed by atoms with Crippen LogP contribution in [0, 0.1) is 13.8 Å². The average Bonchev–Trinajstić information content (AvgIpc) is 2.77. The molecule has 0 aromatic heterocycles. The van der Waals surface area contributed by atoms with Gasteiger partial charge < -0.3 is 9.47 Å². The number of carbonyl (C=O) groups is 2. The molecule has 0 atom stereocenters. The molecule has 32 heavy (non-hydrogen) atoms. The molecule has 2 amide bonds. The van der Waals surface area contributed by atoms with Crippen LogP contribution in [-0.4, -0.2) is 30.1 Å². The number of ether oxygens (including phenoxy) is 2. The van der Waals surface area contributed by atoms with E-state index in [2.05, 4.69) is 23.1 Å². The van der Waals surface area contributed by atoms with Gasteiger partial charge in [0.1, 0.15) is 11.5 Å². The lowest BCUT2D eigenvalue weighted by Gasteiger charge is -2.12. The Labute approximate surface area is 198 Å². The standard InChI is InChI=1S/C23H28ClN3O4S/c1-4-5-6-11-30-18-9-7-17(8-10-18)22(29)25-23(32)27-26-20(28)14-31-19-12-15(2)21(24)16(3)13-19/h7-10,12-13H,4-6,11,14H2,1-3H3,(H,26,28)(H2,25,27,29,32). The van der Waals surface area contributed by atoms with Gasteiger partial charge in [-0.15, -0.1) is 0 Å². The Morgan fingerprint density at radius 3 is 2.25 bits per heavy atom. The Morgan fingerprint density at radius 1 is 0.969 bits per heavy atom. The van der Waals surface area contributed by atoms with Crippen LogP contribution in [0.15, 0.2) is 36.4 Å². The van der Waals surface area contributed by atoms with Gasteiger partial charge >= 0.3 is 0 Å². The summed E-state index contributed by atoms with van der Waals surface area (Å²) in [7, 11) is 0. The zero-order valence-corrected chi connectivity index (χ0v) is 20.0. The van der Waals surface area contributed by atoms with Crippen molar-refractivity contribution in [2.24, 2.45) is 0 Å². The van der Waals surface area contributed by atoms with E-state index in [4.69, 9.17) is 33.3 Å². The average molecular weight is 478 g/mol. The molecule has 0 saturated carbocycles. The van der Waals surface area contributed by atoms with Crippen LogP contribution in [0.4, 0.5) is 0 Å². The predicted octanol–water partition coefficient (Wildman–Crippen LogP) is 4.24. The second kappa shape index (κ2) is 12.9. The Hall–Kier alpha value is -2.84. The maximum absolute atomic E-state index is 12.3. The lowest BCUT2D eigenvalue weighted by molar-refractivity contribution is -0.123. The second-order valence-corrected chi connectivity index (χ2v) is 7.98. The molecule has 0 heterocycles. The number of hydrogen-bond donors (Lipinski definition) is 3. The van der Waals surface area contributed by atoms with Crippen LogP contribution in [0.1, 0.15) is 47.7 Å². The molecule has 9 heteroatoms. The smallest absolute Gasteiger partial charge is 0.276 e. The zero-order valence-electron chi connectivity index (χ0n) is 18.4. The van der Waals surface area contributed by atoms with Crippen molar-refractivity contribution in [1.82, 2.24) is 16.2 Å². The zero-order chi connectivity index (χ0) is 23.5. The maximum atomic E-state index is 12.3. The summed E-state index contributed by atoms with van der Waals surface area (Å²) in [4.78, 5) is 24.3. The van der Waals surface area contributed by atoms with E-state index in [1.54, 1.807) is 36.4 Å². The van der Waals surface area contributed by atoms with Gasteiger partial charge in [-0.1, -0.05) is 31.4 Å². The molecule has 2 aromatic carbocycles. The van der Waals surface area contributed by atoms with Crippen LogP contribution < -0.4 is 25.6 Å². The highest BCUT2D eigenvalue weighted by atomic mass is 35.5. The minimum absolute atomic E-state index is 0.0403. The second-order valence-electron chi connectivity index (χ2n) is 7.20. The third-order valence-corrected chi connectivity index (χ3v) is 5.26. The number of halogens is 1. The number of hydrogen-bond acceptors (Lipinski definition) is 5. The summed E-state index contributed by atoms with van der Waals surface area (Å²) in [5.41, 5.74) is 6.99. The van der Waals surface area contributed by atoms with E-state index in [0.717, 1.165) is 30.4 Å². The largest absolute Gasteiger partial charge is 0.494 e. The molecule has 0 fully saturated rings. The summed E-state index contributed by atoms with van der Waals surface area (Å²) in [6, 6.07) is 10.3. The SMILES string of the molecule is CCCCCOc1ccc(C(=O)NC(=S)NNC(=O)COc2cc(C)c(Cl)c(C)c2)cc1. The van der Waals surface area contributed by atoms with Crippen molar-refractivity contribution in [3.63, 3.8) is 0 Å². The molecule has 0 bridgehead atoms. The van der Waals surface area contributed by atoms with Gasteiger partial charge in [-0.25, -0.2) is 0 Å². The van der Waals surface area contributed by atoms with E-state index >= 15 is 0 Å². The van der Waals surface area contributed by atoms with Crippen molar-refractivity contribution >= 4 is 40.7 Å². The monoisotopic (exact) mass is 477 g/mol. The molecular formula is C23H28ClN3O4S. The molecule has 0 aliphatic heterocycles. The third-order valence-electron chi connectivity index (χ3n) is 4.46. The Bertz CT molecular complexity index is 928. The first-order valence-corrected chi connectivity index (χ1v) is 11.1. The van der Waals surface area contributed by atoms with Crippen molar-refractivity contribution in [1.29, 1.82) is 0 Å².